The van der Waals surface area contributed by atoms with E-state index in [4.69, 9.17) is 26.2 Å². The number of methoxy groups -OCH3 is 1. The smallest absolute Gasteiger partial charge is 0.175 e. The van der Waals surface area contributed by atoms with Crippen LogP contribution in [0, 0.1) is 5.82 Å². The van der Waals surface area contributed by atoms with Crippen molar-refractivity contribution >= 4 is 27.5 Å². The maximum Gasteiger partial charge on any atom is 0.175 e. The number of ether oxygens (including phenoxy) is 2. The van der Waals surface area contributed by atoms with Crippen LogP contribution in [0.1, 0.15) is 11.1 Å². The zero-order chi connectivity index (χ0) is 15.4. The third-order valence-electron chi connectivity index (χ3n) is 2.86. The first kappa shape index (κ1) is 16.1. The van der Waals surface area contributed by atoms with Gasteiger partial charge in [0.05, 0.1) is 18.2 Å². The predicted molar refractivity (Wildman–Crippen MR) is 82.4 cm³/mol. The number of halogens is 3. The molecular weight excluding hydrogens is 363 g/mol. The lowest BCUT2D eigenvalue weighted by Crippen LogP contribution is -2.01. The topological polar surface area (TPSA) is 38.7 Å². The highest BCUT2D eigenvalue weighted by Gasteiger charge is 2.13. The molecule has 0 heterocycles. The first-order chi connectivity index (χ1) is 10.0. The maximum absolute atomic E-state index is 13.7. The molecule has 0 aliphatic rings. The summed E-state index contributed by atoms with van der Waals surface area (Å²) in [4.78, 5) is 0. The maximum atomic E-state index is 13.7. The highest BCUT2D eigenvalue weighted by molar-refractivity contribution is 9.10. The van der Waals surface area contributed by atoms with Gasteiger partial charge in [-0.05, 0) is 45.8 Å². The Hall–Kier alpha value is -1.30. The lowest BCUT2D eigenvalue weighted by molar-refractivity contribution is 0.270. The van der Waals surface area contributed by atoms with Crippen LogP contribution >= 0.6 is 27.5 Å². The first-order valence-corrected chi connectivity index (χ1v) is 7.26. The summed E-state index contributed by atoms with van der Waals surface area (Å²) in [7, 11) is 1.50. The standard InChI is InChI=1S/C15H13BrClFO3/c1-20-14-5-9(7-19)4-12(16)15(14)21-8-10-2-3-11(17)6-13(10)18/h2-6,19H,7-8H2,1H3. The van der Waals surface area contributed by atoms with Gasteiger partial charge in [0.25, 0.3) is 0 Å². The van der Waals surface area contributed by atoms with Crippen LogP contribution in [0.25, 0.3) is 0 Å². The van der Waals surface area contributed by atoms with E-state index in [0.29, 0.717) is 32.1 Å². The molecule has 112 valence electrons. The minimum absolute atomic E-state index is 0.0381. The number of hydrogen-bond acceptors (Lipinski definition) is 3. The van der Waals surface area contributed by atoms with Crippen LogP contribution in [0.4, 0.5) is 4.39 Å². The third-order valence-corrected chi connectivity index (χ3v) is 3.68. The lowest BCUT2D eigenvalue weighted by atomic mass is 10.2. The summed E-state index contributed by atoms with van der Waals surface area (Å²) in [6.07, 6.45) is 0. The highest BCUT2D eigenvalue weighted by Crippen LogP contribution is 2.37. The summed E-state index contributed by atoms with van der Waals surface area (Å²) in [5.74, 6) is 0.483. The predicted octanol–water partition coefficient (Wildman–Crippen LogP) is 4.32. The van der Waals surface area contributed by atoms with Crippen LogP contribution in [0.3, 0.4) is 0 Å². The Balaban J connectivity index is 2.23. The van der Waals surface area contributed by atoms with Gasteiger partial charge in [-0.1, -0.05) is 17.7 Å². The number of aliphatic hydroxyl groups excluding tert-OH is 1. The van der Waals surface area contributed by atoms with Gasteiger partial charge in [0.15, 0.2) is 11.5 Å². The van der Waals surface area contributed by atoms with Crippen molar-refractivity contribution in [3.63, 3.8) is 0 Å². The fourth-order valence-electron chi connectivity index (χ4n) is 1.79. The Labute approximate surface area is 135 Å². The second-order valence-corrected chi connectivity index (χ2v) is 5.58. The van der Waals surface area contributed by atoms with E-state index in [2.05, 4.69) is 15.9 Å². The molecule has 1 N–H and O–H groups in total. The van der Waals surface area contributed by atoms with Crippen LogP contribution in [0.15, 0.2) is 34.8 Å². The molecule has 0 saturated carbocycles. The Bertz CT molecular complexity index is 649. The van der Waals surface area contributed by atoms with Gasteiger partial charge >= 0.3 is 0 Å². The molecule has 0 aliphatic heterocycles. The number of rotatable bonds is 5. The van der Waals surface area contributed by atoms with Gasteiger partial charge < -0.3 is 14.6 Å². The number of benzene rings is 2. The van der Waals surface area contributed by atoms with Gasteiger partial charge in [-0.25, -0.2) is 4.39 Å². The van der Waals surface area contributed by atoms with E-state index in [-0.39, 0.29) is 13.2 Å². The highest BCUT2D eigenvalue weighted by atomic mass is 79.9. The van der Waals surface area contributed by atoms with Gasteiger partial charge in [-0.15, -0.1) is 0 Å². The van der Waals surface area contributed by atoms with Crippen molar-refractivity contribution in [1.29, 1.82) is 0 Å². The molecule has 0 unspecified atom stereocenters. The van der Waals surface area contributed by atoms with E-state index in [9.17, 15) is 4.39 Å². The minimum atomic E-state index is -0.426. The van der Waals surface area contributed by atoms with Crippen LogP contribution in [0.5, 0.6) is 11.5 Å². The molecule has 3 nitrogen and oxygen atoms in total. The van der Waals surface area contributed by atoms with Crippen molar-refractivity contribution < 1.29 is 19.0 Å². The summed E-state index contributed by atoms with van der Waals surface area (Å²) in [5, 5.41) is 9.50. The van der Waals surface area contributed by atoms with Gasteiger partial charge in [0.1, 0.15) is 12.4 Å². The van der Waals surface area contributed by atoms with E-state index >= 15 is 0 Å². The van der Waals surface area contributed by atoms with Crippen LogP contribution in [0.2, 0.25) is 5.02 Å². The minimum Gasteiger partial charge on any atom is -0.493 e. The molecule has 0 aromatic heterocycles. The van der Waals surface area contributed by atoms with Gasteiger partial charge in [0, 0.05) is 10.6 Å². The van der Waals surface area contributed by atoms with E-state index in [1.54, 1.807) is 24.3 Å². The fourth-order valence-corrected chi connectivity index (χ4v) is 2.56. The molecule has 2 aromatic rings. The Morgan fingerprint density at radius 3 is 2.67 bits per heavy atom. The Morgan fingerprint density at radius 1 is 1.29 bits per heavy atom. The number of aliphatic hydroxyl groups is 1. The number of hydrogen-bond donors (Lipinski definition) is 1. The molecule has 0 atom stereocenters. The van der Waals surface area contributed by atoms with Crippen LogP contribution < -0.4 is 9.47 Å². The molecular formula is C15H13BrClFO3. The van der Waals surface area contributed by atoms with E-state index in [1.807, 2.05) is 0 Å². The summed E-state index contributed by atoms with van der Waals surface area (Å²) in [5.41, 5.74) is 1.07. The molecule has 0 saturated heterocycles. The Morgan fingerprint density at radius 2 is 2.05 bits per heavy atom. The van der Waals surface area contributed by atoms with Crippen molar-refractivity contribution in [2.75, 3.05) is 7.11 Å². The Kier molecular flexibility index (Phi) is 5.45. The summed E-state index contributed by atoms with van der Waals surface area (Å²) >= 11 is 9.06. The molecule has 0 amide bonds. The van der Waals surface area contributed by atoms with E-state index in [0.717, 1.165) is 0 Å². The van der Waals surface area contributed by atoms with Crippen LogP contribution in [-0.4, -0.2) is 12.2 Å². The molecule has 0 fully saturated rings. The third kappa shape index (κ3) is 3.87. The molecule has 2 aromatic carbocycles. The van der Waals surface area contributed by atoms with Gasteiger partial charge in [-0.3, -0.25) is 0 Å². The van der Waals surface area contributed by atoms with E-state index in [1.165, 1.54) is 13.2 Å². The van der Waals surface area contributed by atoms with Gasteiger partial charge in [-0.2, -0.15) is 0 Å². The van der Waals surface area contributed by atoms with Crippen molar-refractivity contribution in [2.45, 2.75) is 13.2 Å². The van der Waals surface area contributed by atoms with Crippen molar-refractivity contribution in [2.24, 2.45) is 0 Å². The molecule has 0 radical (unpaired) electrons. The average molecular weight is 376 g/mol. The van der Waals surface area contributed by atoms with Gasteiger partial charge in [0.2, 0.25) is 0 Å². The lowest BCUT2D eigenvalue weighted by Gasteiger charge is -2.14. The van der Waals surface area contributed by atoms with Crippen molar-refractivity contribution in [1.82, 2.24) is 0 Å². The summed E-state index contributed by atoms with van der Waals surface area (Å²) < 4.78 is 25.2. The largest absolute Gasteiger partial charge is 0.493 e. The normalized spacial score (nSPS) is 10.5. The van der Waals surface area contributed by atoms with Crippen LogP contribution in [-0.2, 0) is 13.2 Å². The summed E-state index contributed by atoms with van der Waals surface area (Å²) in [6, 6.07) is 7.79. The zero-order valence-electron chi connectivity index (χ0n) is 11.2. The quantitative estimate of drug-likeness (QED) is 0.846. The fraction of sp³-hybridized carbons (Fsp3) is 0.200. The average Bonchev–Trinajstić information content (AvgIpc) is 2.46. The monoisotopic (exact) mass is 374 g/mol. The second kappa shape index (κ2) is 7.11. The first-order valence-electron chi connectivity index (χ1n) is 6.09. The SMILES string of the molecule is COc1cc(CO)cc(Br)c1OCc1ccc(Cl)cc1F. The van der Waals surface area contributed by atoms with Crippen molar-refractivity contribution in [3.05, 3.63) is 56.8 Å². The molecule has 6 heteroatoms. The van der Waals surface area contributed by atoms with E-state index < -0.39 is 5.82 Å². The zero-order valence-corrected chi connectivity index (χ0v) is 13.5. The molecule has 0 aliphatic carbocycles. The summed E-state index contributed by atoms with van der Waals surface area (Å²) in [6.45, 7) is -0.0719. The molecule has 21 heavy (non-hydrogen) atoms. The second-order valence-electron chi connectivity index (χ2n) is 4.29. The van der Waals surface area contributed by atoms with Crippen molar-refractivity contribution in [3.8, 4) is 11.5 Å². The molecule has 0 bridgehead atoms. The molecule has 2 rings (SSSR count). The molecule has 0 spiro atoms.